The highest BCUT2D eigenvalue weighted by atomic mass is 35.5. The molecule has 0 N–H and O–H groups in total. The predicted octanol–water partition coefficient (Wildman–Crippen LogP) is 5.24. The first-order valence-electron chi connectivity index (χ1n) is 5.70. The van der Waals surface area contributed by atoms with Crippen molar-refractivity contribution < 1.29 is 9.13 Å². The standard InChI is InChI=1S/C15H9ClFNO.ClH/c16-10-1-6-13-14(9-10)18-8-7-15(13)19-12-4-2-11(17)3-5-12;/h1-9H;1H. The van der Waals surface area contributed by atoms with Crippen LogP contribution in [-0.4, -0.2) is 4.98 Å². The van der Waals surface area contributed by atoms with Gasteiger partial charge in [-0.3, -0.25) is 4.98 Å². The molecule has 20 heavy (non-hydrogen) atoms. The van der Waals surface area contributed by atoms with Crippen molar-refractivity contribution in [3.63, 3.8) is 0 Å². The Morgan fingerprint density at radius 1 is 1.00 bits per heavy atom. The summed E-state index contributed by atoms with van der Waals surface area (Å²) in [7, 11) is 0. The van der Waals surface area contributed by atoms with Crippen molar-refractivity contribution in [3.8, 4) is 11.5 Å². The van der Waals surface area contributed by atoms with Gasteiger partial charge in [0.1, 0.15) is 17.3 Å². The van der Waals surface area contributed by atoms with Gasteiger partial charge < -0.3 is 4.74 Å². The number of halogens is 3. The number of pyridine rings is 1. The number of hydrogen-bond donors (Lipinski definition) is 0. The Bertz CT molecular complexity index is 732. The Kier molecular flexibility index (Phi) is 4.42. The Balaban J connectivity index is 0.00000147. The maximum atomic E-state index is 12.8. The summed E-state index contributed by atoms with van der Waals surface area (Å²) < 4.78 is 18.6. The Morgan fingerprint density at radius 3 is 2.50 bits per heavy atom. The summed E-state index contributed by atoms with van der Waals surface area (Å²) in [4.78, 5) is 4.23. The Labute approximate surface area is 126 Å². The molecule has 2 aromatic carbocycles. The molecule has 0 saturated heterocycles. The lowest BCUT2D eigenvalue weighted by molar-refractivity contribution is 0.485. The molecular weight excluding hydrogens is 300 g/mol. The zero-order chi connectivity index (χ0) is 13.2. The minimum Gasteiger partial charge on any atom is -0.457 e. The van der Waals surface area contributed by atoms with Crippen molar-refractivity contribution in [1.82, 2.24) is 4.98 Å². The van der Waals surface area contributed by atoms with E-state index in [4.69, 9.17) is 16.3 Å². The predicted molar refractivity (Wildman–Crippen MR) is 80.5 cm³/mol. The number of benzene rings is 2. The molecule has 0 unspecified atom stereocenters. The first-order valence-corrected chi connectivity index (χ1v) is 6.08. The van der Waals surface area contributed by atoms with Crippen LogP contribution in [0.1, 0.15) is 0 Å². The molecule has 0 aliphatic heterocycles. The number of rotatable bonds is 2. The second-order valence-electron chi connectivity index (χ2n) is 4.03. The minimum atomic E-state index is -0.293. The molecule has 0 aliphatic carbocycles. The van der Waals surface area contributed by atoms with Crippen molar-refractivity contribution in [1.29, 1.82) is 0 Å². The molecule has 0 saturated carbocycles. The zero-order valence-electron chi connectivity index (χ0n) is 10.2. The van der Waals surface area contributed by atoms with E-state index >= 15 is 0 Å². The number of aromatic nitrogens is 1. The maximum absolute atomic E-state index is 12.8. The second-order valence-corrected chi connectivity index (χ2v) is 4.46. The summed E-state index contributed by atoms with van der Waals surface area (Å²) in [5.74, 6) is 0.941. The van der Waals surface area contributed by atoms with Gasteiger partial charge in [-0.05, 0) is 48.5 Å². The quantitative estimate of drug-likeness (QED) is 0.645. The van der Waals surface area contributed by atoms with Gasteiger partial charge in [-0.15, -0.1) is 12.4 Å². The SMILES string of the molecule is Cl.Fc1ccc(Oc2ccnc3cc(Cl)ccc23)cc1. The zero-order valence-corrected chi connectivity index (χ0v) is 11.8. The van der Waals surface area contributed by atoms with Gasteiger partial charge in [0.2, 0.25) is 0 Å². The van der Waals surface area contributed by atoms with E-state index in [1.54, 1.807) is 36.5 Å². The highest BCUT2D eigenvalue weighted by Gasteiger charge is 2.05. The monoisotopic (exact) mass is 309 g/mol. The summed E-state index contributed by atoms with van der Waals surface area (Å²) in [5, 5.41) is 1.48. The summed E-state index contributed by atoms with van der Waals surface area (Å²) in [5.41, 5.74) is 0.757. The van der Waals surface area contributed by atoms with Crippen LogP contribution in [0, 0.1) is 5.82 Å². The van der Waals surface area contributed by atoms with Crippen molar-refractivity contribution >= 4 is 34.9 Å². The van der Waals surface area contributed by atoms with Gasteiger partial charge in [0.25, 0.3) is 0 Å². The average Bonchev–Trinajstić information content (AvgIpc) is 2.41. The molecule has 0 aliphatic rings. The van der Waals surface area contributed by atoms with E-state index in [1.165, 1.54) is 12.1 Å². The molecule has 5 heteroatoms. The van der Waals surface area contributed by atoms with Gasteiger partial charge >= 0.3 is 0 Å². The van der Waals surface area contributed by atoms with Crippen molar-refractivity contribution in [3.05, 3.63) is 65.6 Å². The van der Waals surface area contributed by atoms with E-state index in [2.05, 4.69) is 4.98 Å². The Morgan fingerprint density at radius 2 is 1.75 bits per heavy atom. The van der Waals surface area contributed by atoms with E-state index in [0.717, 1.165) is 10.9 Å². The summed E-state index contributed by atoms with van der Waals surface area (Å²) in [6.07, 6.45) is 1.65. The topological polar surface area (TPSA) is 22.1 Å². The van der Waals surface area contributed by atoms with E-state index in [1.807, 2.05) is 6.07 Å². The van der Waals surface area contributed by atoms with Gasteiger partial charge in [0.05, 0.1) is 5.52 Å². The van der Waals surface area contributed by atoms with Crippen LogP contribution in [0.3, 0.4) is 0 Å². The smallest absolute Gasteiger partial charge is 0.138 e. The molecular formula is C15H10Cl2FNO. The molecule has 2 nitrogen and oxygen atoms in total. The molecule has 3 rings (SSSR count). The lowest BCUT2D eigenvalue weighted by atomic mass is 10.2. The molecule has 0 radical (unpaired) electrons. The average molecular weight is 310 g/mol. The fraction of sp³-hybridized carbons (Fsp3) is 0. The minimum absolute atomic E-state index is 0. The highest BCUT2D eigenvalue weighted by molar-refractivity contribution is 6.31. The number of ether oxygens (including phenoxy) is 1. The van der Waals surface area contributed by atoms with E-state index in [-0.39, 0.29) is 18.2 Å². The first-order chi connectivity index (χ1) is 9.22. The molecule has 1 heterocycles. The van der Waals surface area contributed by atoms with Gasteiger partial charge in [-0.2, -0.15) is 0 Å². The van der Waals surface area contributed by atoms with E-state index in [0.29, 0.717) is 16.5 Å². The molecule has 1 aromatic heterocycles. The largest absolute Gasteiger partial charge is 0.457 e. The number of nitrogens with zero attached hydrogens (tertiary/aromatic N) is 1. The first kappa shape index (κ1) is 14.6. The van der Waals surface area contributed by atoms with Crippen LogP contribution in [0.2, 0.25) is 5.02 Å². The molecule has 0 spiro atoms. The van der Waals surface area contributed by atoms with Crippen molar-refractivity contribution in [2.45, 2.75) is 0 Å². The van der Waals surface area contributed by atoms with Crippen LogP contribution in [-0.2, 0) is 0 Å². The van der Waals surface area contributed by atoms with Crippen molar-refractivity contribution in [2.24, 2.45) is 0 Å². The molecule has 102 valence electrons. The van der Waals surface area contributed by atoms with Crippen LogP contribution >= 0.6 is 24.0 Å². The second kappa shape index (κ2) is 6.07. The maximum Gasteiger partial charge on any atom is 0.138 e. The fourth-order valence-electron chi connectivity index (χ4n) is 1.81. The third-order valence-electron chi connectivity index (χ3n) is 2.71. The normalized spacial score (nSPS) is 10.1. The van der Waals surface area contributed by atoms with Crippen LogP contribution in [0.25, 0.3) is 10.9 Å². The lowest BCUT2D eigenvalue weighted by Crippen LogP contribution is -1.88. The fourth-order valence-corrected chi connectivity index (χ4v) is 1.98. The summed E-state index contributed by atoms with van der Waals surface area (Å²) in [6.45, 7) is 0. The van der Waals surface area contributed by atoms with Crippen molar-refractivity contribution in [2.75, 3.05) is 0 Å². The molecule has 0 fully saturated rings. The highest BCUT2D eigenvalue weighted by Crippen LogP contribution is 2.30. The van der Waals surface area contributed by atoms with Crippen LogP contribution < -0.4 is 4.74 Å². The lowest BCUT2D eigenvalue weighted by Gasteiger charge is -2.08. The number of fused-ring (bicyclic) bond motifs is 1. The Hall–Kier alpha value is -1.84. The van der Waals surface area contributed by atoms with Gasteiger partial charge in [-0.1, -0.05) is 11.6 Å². The van der Waals surface area contributed by atoms with Gasteiger partial charge in [0, 0.05) is 16.6 Å². The third kappa shape index (κ3) is 3.00. The van der Waals surface area contributed by atoms with Gasteiger partial charge in [0.15, 0.2) is 0 Å². The van der Waals surface area contributed by atoms with E-state index in [9.17, 15) is 4.39 Å². The number of hydrogen-bond acceptors (Lipinski definition) is 2. The summed E-state index contributed by atoms with van der Waals surface area (Å²) in [6, 6.07) is 13.0. The molecule has 3 aromatic rings. The van der Waals surface area contributed by atoms with Crippen LogP contribution in [0.15, 0.2) is 54.7 Å². The van der Waals surface area contributed by atoms with Gasteiger partial charge in [-0.25, -0.2) is 4.39 Å². The third-order valence-corrected chi connectivity index (χ3v) is 2.94. The molecule has 0 bridgehead atoms. The molecule has 0 atom stereocenters. The summed E-state index contributed by atoms with van der Waals surface area (Å²) >= 11 is 5.93. The van der Waals surface area contributed by atoms with Crippen LogP contribution in [0.5, 0.6) is 11.5 Å². The van der Waals surface area contributed by atoms with E-state index < -0.39 is 0 Å². The molecule has 0 amide bonds. The van der Waals surface area contributed by atoms with Crippen LogP contribution in [0.4, 0.5) is 4.39 Å².